The summed E-state index contributed by atoms with van der Waals surface area (Å²) in [7, 11) is 1.46. The fraction of sp³-hybridized carbons (Fsp3) is 0.769. The number of amides is 3. The highest BCUT2D eigenvalue weighted by Crippen LogP contribution is 2.39. The van der Waals surface area contributed by atoms with Crippen molar-refractivity contribution in [2.75, 3.05) is 13.6 Å². The van der Waals surface area contributed by atoms with E-state index in [-0.39, 0.29) is 24.4 Å². The van der Waals surface area contributed by atoms with Gasteiger partial charge in [0.05, 0.1) is 0 Å². The Labute approximate surface area is 118 Å². The van der Waals surface area contributed by atoms with Crippen molar-refractivity contribution in [3.05, 3.63) is 0 Å². The molecule has 7 heteroatoms. The molecule has 7 nitrogen and oxygen atoms in total. The Kier molecular flexibility index (Phi) is 4.97. The van der Waals surface area contributed by atoms with Crippen LogP contribution in [-0.2, 0) is 9.59 Å². The molecule has 1 rings (SSSR count). The highest BCUT2D eigenvalue weighted by atomic mass is 16.4. The molecule has 1 aliphatic rings. The number of hydrogen-bond acceptors (Lipinski definition) is 3. The quantitative estimate of drug-likeness (QED) is 0.658. The maximum Gasteiger partial charge on any atom is 0.329 e. The van der Waals surface area contributed by atoms with Crippen molar-refractivity contribution in [2.45, 2.75) is 45.2 Å². The largest absolute Gasteiger partial charge is 0.480 e. The minimum atomic E-state index is -1.26. The number of nitrogens with one attached hydrogen (secondary N) is 2. The number of hydrogen-bond donors (Lipinski definition) is 3. The second-order valence-electron chi connectivity index (χ2n) is 5.79. The first-order chi connectivity index (χ1) is 9.16. The number of carboxylic acid groups (broad SMARTS) is 1. The molecular formula is C13H23N3O4. The first kappa shape index (κ1) is 16.3. The first-order valence-corrected chi connectivity index (χ1v) is 6.73. The Morgan fingerprint density at radius 2 is 1.90 bits per heavy atom. The van der Waals surface area contributed by atoms with E-state index in [0.29, 0.717) is 0 Å². The van der Waals surface area contributed by atoms with Gasteiger partial charge in [-0.3, -0.25) is 4.79 Å². The second kappa shape index (κ2) is 6.11. The maximum atomic E-state index is 12.0. The van der Waals surface area contributed by atoms with E-state index < -0.39 is 17.5 Å². The van der Waals surface area contributed by atoms with Crippen LogP contribution < -0.4 is 10.6 Å². The van der Waals surface area contributed by atoms with Gasteiger partial charge in [-0.2, -0.15) is 0 Å². The van der Waals surface area contributed by atoms with E-state index in [1.165, 1.54) is 18.9 Å². The van der Waals surface area contributed by atoms with Crippen molar-refractivity contribution in [3.8, 4) is 0 Å². The third kappa shape index (κ3) is 4.11. The van der Waals surface area contributed by atoms with E-state index in [9.17, 15) is 19.5 Å². The van der Waals surface area contributed by atoms with E-state index in [4.69, 9.17) is 0 Å². The zero-order valence-electron chi connectivity index (χ0n) is 12.4. The van der Waals surface area contributed by atoms with Gasteiger partial charge < -0.3 is 20.6 Å². The average molecular weight is 285 g/mol. The van der Waals surface area contributed by atoms with Crippen LogP contribution in [0, 0.1) is 5.92 Å². The Hall–Kier alpha value is -1.79. The van der Waals surface area contributed by atoms with Crippen LogP contribution in [0.25, 0.3) is 0 Å². The minimum absolute atomic E-state index is 0.00490. The van der Waals surface area contributed by atoms with Crippen LogP contribution in [0.2, 0.25) is 0 Å². The van der Waals surface area contributed by atoms with Crippen molar-refractivity contribution in [1.29, 1.82) is 0 Å². The van der Waals surface area contributed by atoms with Crippen LogP contribution in [0.15, 0.2) is 0 Å². The number of aliphatic carboxylic acids is 1. The fourth-order valence-electron chi connectivity index (χ4n) is 1.96. The van der Waals surface area contributed by atoms with Crippen molar-refractivity contribution in [2.24, 2.45) is 5.92 Å². The number of carboxylic acids is 1. The molecule has 0 radical (unpaired) electrons. The summed E-state index contributed by atoms with van der Waals surface area (Å²) < 4.78 is 0. The van der Waals surface area contributed by atoms with Gasteiger partial charge in [0.25, 0.3) is 0 Å². The fourth-order valence-corrected chi connectivity index (χ4v) is 1.96. The molecule has 1 aliphatic carbocycles. The van der Waals surface area contributed by atoms with E-state index in [2.05, 4.69) is 10.6 Å². The molecule has 0 bridgehead atoms. The molecule has 0 heterocycles. The molecular weight excluding hydrogens is 262 g/mol. The van der Waals surface area contributed by atoms with Gasteiger partial charge in [0, 0.05) is 13.1 Å². The van der Waals surface area contributed by atoms with E-state index in [1.54, 1.807) is 0 Å². The SMILES string of the molecule is CC(C)NC(=O)CN(C)C(=O)NC(C)(C(=O)O)C1CC1. The molecule has 3 amide bonds. The van der Waals surface area contributed by atoms with Crippen LogP contribution in [0.3, 0.4) is 0 Å². The number of rotatable bonds is 6. The maximum absolute atomic E-state index is 12.0. The number of urea groups is 1. The molecule has 0 aromatic rings. The van der Waals surface area contributed by atoms with E-state index >= 15 is 0 Å². The monoisotopic (exact) mass is 285 g/mol. The van der Waals surface area contributed by atoms with Crippen molar-refractivity contribution >= 4 is 17.9 Å². The van der Waals surface area contributed by atoms with Gasteiger partial charge >= 0.3 is 12.0 Å². The molecule has 3 N–H and O–H groups in total. The summed E-state index contributed by atoms with van der Waals surface area (Å²) in [6.45, 7) is 5.05. The van der Waals surface area contributed by atoms with Crippen LogP contribution >= 0.6 is 0 Å². The molecule has 114 valence electrons. The lowest BCUT2D eigenvalue weighted by Crippen LogP contribution is -2.57. The standard InChI is InChI=1S/C13H23N3O4/c1-8(2)14-10(17)7-16(4)12(20)15-13(3,11(18)19)9-5-6-9/h8-9H,5-7H2,1-4H3,(H,14,17)(H,15,20)(H,18,19). The van der Waals surface area contributed by atoms with Gasteiger partial charge in [-0.15, -0.1) is 0 Å². The third-order valence-electron chi connectivity index (χ3n) is 3.38. The molecule has 0 saturated heterocycles. The van der Waals surface area contributed by atoms with Gasteiger partial charge in [0.2, 0.25) is 5.91 Å². The van der Waals surface area contributed by atoms with Gasteiger partial charge in [-0.1, -0.05) is 0 Å². The second-order valence-corrected chi connectivity index (χ2v) is 5.79. The van der Waals surface area contributed by atoms with Gasteiger partial charge in [0.15, 0.2) is 0 Å². The Morgan fingerprint density at radius 3 is 2.30 bits per heavy atom. The van der Waals surface area contributed by atoms with Crippen LogP contribution in [0.1, 0.15) is 33.6 Å². The smallest absolute Gasteiger partial charge is 0.329 e. The molecule has 20 heavy (non-hydrogen) atoms. The molecule has 1 atom stereocenters. The Morgan fingerprint density at radius 1 is 1.35 bits per heavy atom. The number of carbonyl (C=O) groups is 3. The molecule has 1 unspecified atom stereocenters. The molecule has 0 aliphatic heterocycles. The summed E-state index contributed by atoms with van der Waals surface area (Å²) in [4.78, 5) is 36.1. The summed E-state index contributed by atoms with van der Waals surface area (Å²) in [5.74, 6) is -1.36. The van der Waals surface area contributed by atoms with Crippen LogP contribution in [0.4, 0.5) is 4.79 Å². The normalized spacial score (nSPS) is 17.2. The zero-order valence-corrected chi connectivity index (χ0v) is 12.4. The minimum Gasteiger partial charge on any atom is -0.480 e. The average Bonchev–Trinajstić information content (AvgIpc) is 3.10. The van der Waals surface area contributed by atoms with Crippen molar-refractivity contribution in [1.82, 2.24) is 15.5 Å². The third-order valence-corrected chi connectivity index (χ3v) is 3.38. The van der Waals surface area contributed by atoms with Gasteiger partial charge in [-0.25, -0.2) is 9.59 Å². The molecule has 0 spiro atoms. The molecule has 0 aromatic carbocycles. The van der Waals surface area contributed by atoms with E-state index in [0.717, 1.165) is 12.8 Å². The molecule has 1 saturated carbocycles. The summed E-state index contributed by atoms with van der Waals surface area (Å²) >= 11 is 0. The zero-order chi connectivity index (χ0) is 15.5. The van der Waals surface area contributed by atoms with Crippen molar-refractivity contribution < 1.29 is 19.5 Å². The Bertz CT molecular complexity index is 406. The molecule has 1 fully saturated rings. The number of nitrogens with zero attached hydrogens (tertiary/aromatic N) is 1. The number of likely N-dealkylation sites (N-methyl/N-ethyl adjacent to an activating group) is 1. The summed E-state index contributed by atoms with van der Waals surface area (Å²) in [6.07, 6.45) is 1.58. The predicted molar refractivity (Wildman–Crippen MR) is 73.2 cm³/mol. The predicted octanol–water partition coefficient (Wildman–Crippen LogP) is 0.406. The molecule has 0 aromatic heterocycles. The lowest BCUT2D eigenvalue weighted by Gasteiger charge is -2.29. The highest BCUT2D eigenvalue weighted by Gasteiger charge is 2.49. The summed E-state index contributed by atoms with van der Waals surface area (Å²) in [5.41, 5.74) is -1.26. The number of carbonyl (C=O) groups excluding carboxylic acids is 2. The Balaban J connectivity index is 2.56. The van der Waals surface area contributed by atoms with Crippen molar-refractivity contribution in [3.63, 3.8) is 0 Å². The first-order valence-electron chi connectivity index (χ1n) is 6.73. The van der Waals surface area contributed by atoms with Crippen LogP contribution in [0.5, 0.6) is 0 Å². The van der Waals surface area contributed by atoms with Gasteiger partial charge in [-0.05, 0) is 39.5 Å². The summed E-state index contributed by atoms with van der Waals surface area (Å²) in [6, 6.07) is -0.560. The van der Waals surface area contributed by atoms with Crippen LogP contribution in [-0.4, -0.2) is 53.1 Å². The topological polar surface area (TPSA) is 98.7 Å². The van der Waals surface area contributed by atoms with E-state index in [1.807, 2.05) is 13.8 Å². The lowest BCUT2D eigenvalue weighted by molar-refractivity contribution is -0.144. The lowest BCUT2D eigenvalue weighted by atomic mass is 9.96. The summed E-state index contributed by atoms with van der Waals surface area (Å²) in [5, 5.41) is 14.5. The van der Waals surface area contributed by atoms with Gasteiger partial charge in [0.1, 0.15) is 12.1 Å². The highest BCUT2D eigenvalue weighted by molar-refractivity contribution is 5.88.